The van der Waals surface area contributed by atoms with Crippen LogP contribution in [0.2, 0.25) is 0 Å². The maximum Gasteiger partial charge on any atom is 0.182 e. The van der Waals surface area contributed by atoms with Crippen LogP contribution in [0.4, 0.5) is 14.5 Å². The zero-order chi connectivity index (χ0) is 11.9. The SMILES string of the molecule is CC1(Nc2ccc(C(N)=S)c(F)c2F)CC1. The summed E-state index contributed by atoms with van der Waals surface area (Å²) >= 11 is 4.63. The Hall–Kier alpha value is -1.23. The van der Waals surface area contributed by atoms with Gasteiger partial charge in [-0.25, -0.2) is 8.78 Å². The molecule has 1 aliphatic carbocycles. The van der Waals surface area contributed by atoms with Crippen LogP contribution in [0.25, 0.3) is 0 Å². The van der Waals surface area contributed by atoms with Gasteiger partial charge in [0.2, 0.25) is 0 Å². The minimum Gasteiger partial charge on any atom is -0.389 e. The summed E-state index contributed by atoms with van der Waals surface area (Å²) in [5.74, 6) is -1.90. The molecule has 0 spiro atoms. The molecule has 0 aromatic heterocycles. The van der Waals surface area contributed by atoms with Crippen LogP contribution in [0.15, 0.2) is 12.1 Å². The molecule has 86 valence electrons. The van der Waals surface area contributed by atoms with Crippen molar-refractivity contribution in [1.29, 1.82) is 0 Å². The van der Waals surface area contributed by atoms with E-state index in [2.05, 4.69) is 17.5 Å². The lowest BCUT2D eigenvalue weighted by Gasteiger charge is -2.15. The first-order chi connectivity index (χ1) is 7.43. The summed E-state index contributed by atoms with van der Waals surface area (Å²) in [5.41, 5.74) is 5.29. The Morgan fingerprint density at radius 3 is 2.50 bits per heavy atom. The summed E-state index contributed by atoms with van der Waals surface area (Å²) < 4.78 is 27.2. The van der Waals surface area contributed by atoms with E-state index in [1.54, 1.807) is 0 Å². The summed E-state index contributed by atoms with van der Waals surface area (Å²) in [6.07, 6.45) is 1.93. The summed E-state index contributed by atoms with van der Waals surface area (Å²) in [6.45, 7) is 1.96. The number of rotatable bonds is 3. The highest BCUT2D eigenvalue weighted by atomic mass is 32.1. The Labute approximate surface area is 97.8 Å². The highest BCUT2D eigenvalue weighted by Gasteiger charge is 2.37. The van der Waals surface area contributed by atoms with Crippen molar-refractivity contribution in [3.63, 3.8) is 0 Å². The number of nitrogens with two attached hydrogens (primary N) is 1. The molecule has 0 amide bonds. The molecule has 0 saturated heterocycles. The zero-order valence-corrected chi connectivity index (χ0v) is 9.63. The molecular formula is C11H12F2N2S. The minimum atomic E-state index is -0.984. The summed E-state index contributed by atoms with van der Waals surface area (Å²) in [6, 6.07) is 2.87. The van der Waals surface area contributed by atoms with Crippen molar-refractivity contribution in [2.24, 2.45) is 5.73 Å². The molecule has 0 unspecified atom stereocenters. The van der Waals surface area contributed by atoms with E-state index in [1.807, 2.05) is 6.92 Å². The summed E-state index contributed by atoms with van der Waals surface area (Å²) in [5, 5.41) is 2.97. The van der Waals surface area contributed by atoms with Gasteiger partial charge in [0.05, 0.1) is 5.69 Å². The fraction of sp³-hybridized carbons (Fsp3) is 0.364. The van der Waals surface area contributed by atoms with Crippen molar-refractivity contribution in [2.75, 3.05) is 5.32 Å². The highest BCUT2D eigenvalue weighted by Crippen LogP contribution is 2.39. The van der Waals surface area contributed by atoms with Gasteiger partial charge in [0.25, 0.3) is 0 Å². The van der Waals surface area contributed by atoms with E-state index in [0.717, 1.165) is 12.8 Å². The van der Waals surface area contributed by atoms with E-state index in [0.29, 0.717) is 0 Å². The largest absolute Gasteiger partial charge is 0.389 e. The zero-order valence-electron chi connectivity index (χ0n) is 8.81. The summed E-state index contributed by atoms with van der Waals surface area (Å²) in [7, 11) is 0. The van der Waals surface area contributed by atoms with E-state index in [4.69, 9.17) is 5.73 Å². The molecule has 1 fully saturated rings. The van der Waals surface area contributed by atoms with Crippen molar-refractivity contribution in [3.05, 3.63) is 29.3 Å². The summed E-state index contributed by atoms with van der Waals surface area (Å²) in [4.78, 5) is -0.138. The number of nitrogens with one attached hydrogen (secondary N) is 1. The first-order valence-electron chi connectivity index (χ1n) is 4.99. The second kappa shape index (κ2) is 3.66. The van der Waals surface area contributed by atoms with Crippen LogP contribution in [0, 0.1) is 11.6 Å². The molecule has 0 bridgehead atoms. The number of benzene rings is 1. The molecule has 1 aliphatic rings. The molecule has 2 rings (SSSR count). The second-order valence-corrected chi connectivity index (χ2v) is 4.78. The van der Waals surface area contributed by atoms with Gasteiger partial charge in [-0.05, 0) is 31.9 Å². The molecule has 1 aromatic rings. The normalized spacial score (nSPS) is 16.9. The molecule has 0 radical (unpaired) electrons. The van der Waals surface area contributed by atoms with Crippen LogP contribution in [-0.2, 0) is 0 Å². The van der Waals surface area contributed by atoms with Gasteiger partial charge in [0, 0.05) is 11.1 Å². The molecule has 16 heavy (non-hydrogen) atoms. The fourth-order valence-corrected chi connectivity index (χ4v) is 1.63. The standard InChI is InChI=1S/C11H12F2N2S/c1-11(4-5-11)15-7-3-2-6(10(14)16)8(12)9(7)13/h2-3,15H,4-5H2,1H3,(H2,14,16). The van der Waals surface area contributed by atoms with Crippen LogP contribution in [-0.4, -0.2) is 10.5 Å². The van der Waals surface area contributed by atoms with Crippen molar-refractivity contribution in [1.82, 2.24) is 0 Å². The Morgan fingerprint density at radius 1 is 1.38 bits per heavy atom. The molecule has 2 nitrogen and oxygen atoms in total. The van der Waals surface area contributed by atoms with Gasteiger partial charge in [-0.3, -0.25) is 0 Å². The molecule has 3 N–H and O–H groups in total. The average Bonchev–Trinajstić information content (AvgIpc) is 2.91. The molecule has 1 aromatic carbocycles. The first kappa shape index (κ1) is 11.3. The van der Waals surface area contributed by atoms with Crippen LogP contribution in [0.1, 0.15) is 25.3 Å². The predicted octanol–water partition coefficient (Wildman–Crippen LogP) is 2.56. The monoisotopic (exact) mass is 242 g/mol. The molecule has 5 heteroatoms. The van der Waals surface area contributed by atoms with Crippen molar-refractivity contribution in [3.8, 4) is 0 Å². The lowest BCUT2D eigenvalue weighted by atomic mass is 10.1. The smallest absolute Gasteiger partial charge is 0.182 e. The molecule has 0 heterocycles. The minimum absolute atomic E-state index is 0.0565. The third-order valence-electron chi connectivity index (χ3n) is 2.78. The van der Waals surface area contributed by atoms with Gasteiger partial charge in [0.15, 0.2) is 11.6 Å². The van der Waals surface area contributed by atoms with E-state index >= 15 is 0 Å². The average molecular weight is 242 g/mol. The molecular weight excluding hydrogens is 230 g/mol. The third-order valence-corrected chi connectivity index (χ3v) is 3.00. The Bertz CT molecular complexity index is 456. The molecule has 1 saturated carbocycles. The van der Waals surface area contributed by atoms with Crippen LogP contribution >= 0.6 is 12.2 Å². The number of anilines is 1. The number of hydrogen-bond acceptors (Lipinski definition) is 2. The molecule has 0 atom stereocenters. The number of halogens is 2. The van der Waals surface area contributed by atoms with Crippen LogP contribution < -0.4 is 11.1 Å². The topological polar surface area (TPSA) is 38.0 Å². The van der Waals surface area contributed by atoms with Gasteiger partial charge in [-0.1, -0.05) is 12.2 Å². The Balaban J connectivity index is 2.34. The Morgan fingerprint density at radius 2 is 2.00 bits per heavy atom. The van der Waals surface area contributed by atoms with Gasteiger partial charge in [-0.2, -0.15) is 0 Å². The lowest BCUT2D eigenvalue weighted by Crippen LogP contribution is -2.19. The maximum absolute atomic E-state index is 13.6. The lowest BCUT2D eigenvalue weighted by molar-refractivity contribution is 0.508. The Kier molecular flexibility index (Phi) is 2.58. The van der Waals surface area contributed by atoms with E-state index in [-0.39, 0.29) is 21.8 Å². The first-order valence-corrected chi connectivity index (χ1v) is 5.40. The van der Waals surface area contributed by atoms with Crippen molar-refractivity contribution < 1.29 is 8.78 Å². The van der Waals surface area contributed by atoms with Crippen molar-refractivity contribution in [2.45, 2.75) is 25.3 Å². The van der Waals surface area contributed by atoms with Crippen LogP contribution in [0.5, 0.6) is 0 Å². The van der Waals surface area contributed by atoms with Crippen LogP contribution in [0.3, 0.4) is 0 Å². The van der Waals surface area contributed by atoms with Gasteiger partial charge in [0.1, 0.15) is 4.99 Å². The van der Waals surface area contributed by atoms with Gasteiger partial charge in [-0.15, -0.1) is 0 Å². The maximum atomic E-state index is 13.6. The fourth-order valence-electron chi connectivity index (χ4n) is 1.47. The van der Waals surface area contributed by atoms with Gasteiger partial charge < -0.3 is 11.1 Å². The van der Waals surface area contributed by atoms with Crippen molar-refractivity contribution >= 4 is 22.9 Å². The third kappa shape index (κ3) is 2.00. The number of hydrogen-bond donors (Lipinski definition) is 2. The van der Waals surface area contributed by atoms with E-state index in [9.17, 15) is 8.78 Å². The highest BCUT2D eigenvalue weighted by molar-refractivity contribution is 7.80. The molecule has 0 aliphatic heterocycles. The second-order valence-electron chi connectivity index (χ2n) is 4.34. The number of thiocarbonyl (C=S) groups is 1. The quantitative estimate of drug-likeness (QED) is 0.800. The van der Waals surface area contributed by atoms with E-state index < -0.39 is 11.6 Å². The predicted molar refractivity (Wildman–Crippen MR) is 63.5 cm³/mol. The van der Waals surface area contributed by atoms with E-state index in [1.165, 1.54) is 12.1 Å². The van der Waals surface area contributed by atoms with Gasteiger partial charge >= 0.3 is 0 Å².